The van der Waals surface area contributed by atoms with E-state index >= 15 is 0 Å². The molecule has 0 unspecified atom stereocenters. The van der Waals surface area contributed by atoms with Crippen LogP contribution in [-0.4, -0.2) is 28.6 Å². The Morgan fingerprint density at radius 2 is 2.25 bits per heavy atom. The Morgan fingerprint density at radius 1 is 1.43 bits per heavy atom. The number of ether oxygens (including phenoxy) is 1. The maximum absolute atomic E-state index is 14.2. The first kappa shape index (κ1) is 21.1. The maximum Gasteiger partial charge on any atom is 0.336 e. The highest BCUT2D eigenvalue weighted by molar-refractivity contribution is 9.09. The molecule has 0 saturated heterocycles. The summed E-state index contributed by atoms with van der Waals surface area (Å²) >= 11 is 11.3. The van der Waals surface area contributed by atoms with Crippen molar-refractivity contribution in [2.45, 2.75) is 32.2 Å². The predicted octanol–water partition coefficient (Wildman–Crippen LogP) is 5.90. The highest BCUT2D eigenvalue weighted by atomic mass is 79.9. The van der Waals surface area contributed by atoms with Crippen LogP contribution in [0.4, 0.5) is 4.39 Å². The fraction of sp³-hybridized carbons (Fsp3) is 0.350. The van der Waals surface area contributed by atoms with Crippen LogP contribution in [-0.2, 0) is 9.53 Å². The summed E-state index contributed by atoms with van der Waals surface area (Å²) in [5.74, 6) is -0.998. The topological polar surface area (TPSA) is 51.5 Å². The normalized spacial score (nSPS) is 22.1. The number of aromatic nitrogens is 1. The summed E-state index contributed by atoms with van der Waals surface area (Å²) in [5, 5.41) is 3.15. The zero-order valence-corrected chi connectivity index (χ0v) is 18.4. The summed E-state index contributed by atoms with van der Waals surface area (Å²) in [6.45, 7) is 1.99. The summed E-state index contributed by atoms with van der Waals surface area (Å²) in [6, 6.07) is 3.81. The zero-order chi connectivity index (χ0) is 20.1. The van der Waals surface area contributed by atoms with Gasteiger partial charge in [0.15, 0.2) is 0 Å². The summed E-state index contributed by atoms with van der Waals surface area (Å²) in [4.78, 5) is 22.1. The molecule has 0 amide bonds. The van der Waals surface area contributed by atoms with Crippen LogP contribution in [0, 0.1) is 5.82 Å². The van der Waals surface area contributed by atoms with Gasteiger partial charge in [0.25, 0.3) is 0 Å². The molecule has 2 heterocycles. The number of carbonyl (C=O) groups is 1. The van der Waals surface area contributed by atoms with Crippen LogP contribution in [0.2, 0.25) is 5.02 Å². The number of allylic oxidation sites excluding steroid dienone is 1. The third-order valence-electron chi connectivity index (χ3n) is 4.44. The Labute approximate surface area is 180 Å². The van der Waals surface area contributed by atoms with Gasteiger partial charge in [-0.1, -0.05) is 39.7 Å². The van der Waals surface area contributed by atoms with Crippen molar-refractivity contribution < 1.29 is 13.9 Å². The Balaban J connectivity index is 2.24. The number of halogens is 3. The molecule has 1 aliphatic heterocycles. The van der Waals surface area contributed by atoms with Gasteiger partial charge in [-0.2, -0.15) is 0 Å². The Hall–Kier alpha value is -1.57. The van der Waals surface area contributed by atoms with Crippen molar-refractivity contribution in [1.29, 1.82) is 0 Å². The van der Waals surface area contributed by atoms with E-state index in [9.17, 15) is 9.18 Å². The molecule has 0 aliphatic carbocycles. The van der Waals surface area contributed by atoms with Crippen molar-refractivity contribution in [2.75, 3.05) is 11.9 Å². The van der Waals surface area contributed by atoms with Crippen molar-refractivity contribution >= 4 is 50.5 Å². The number of rotatable bonds is 5. The van der Waals surface area contributed by atoms with Crippen LogP contribution in [0.3, 0.4) is 0 Å². The first-order valence-corrected chi connectivity index (χ1v) is 11.3. The molecule has 1 aliphatic rings. The summed E-state index contributed by atoms with van der Waals surface area (Å²) < 4.78 is 19.5. The minimum absolute atomic E-state index is 0.0361. The molecule has 0 fully saturated rings. The van der Waals surface area contributed by atoms with Crippen LogP contribution in [0.1, 0.15) is 42.8 Å². The van der Waals surface area contributed by atoms with E-state index in [1.165, 1.54) is 17.4 Å². The smallest absolute Gasteiger partial charge is 0.336 e. The van der Waals surface area contributed by atoms with Gasteiger partial charge in [-0.3, -0.25) is 4.99 Å². The van der Waals surface area contributed by atoms with Crippen LogP contribution in [0.15, 0.2) is 45.9 Å². The Bertz CT molecular complexity index is 915. The van der Waals surface area contributed by atoms with Gasteiger partial charge in [0, 0.05) is 22.5 Å². The minimum atomic E-state index is -0.756. The average molecular weight is 486 g/mol. The molecule has 4 nitrogen and oxygen atoms in total. The maximum atomic E-state index is 14.2. The number of alkyl halides is 1. The lowest BCUT2D eigenvalue weighted by atomic mass is 9.90. The van der Waals surface area contributed by atoms with Gasteiger partial charge < -0.3 is 4.74 Å². The van der Waals surface area contributed by atoms with E-state index in [0.717, 1.165) is 22.7 Å². The number of nitrogens with zero attached hydrogens (tertiary/aromatic N) is 2. The van der Waals surface area contributed by atoms with E-state index in [1.807, 2.05) is 5.38 Å². The van der Waals surface area contributed by atoms with Crippen LogP contribution < -0.4 is 0 Å². The third kappa shape index (κ3) is 4.53. The standard InChI is InChI=1S/C20H19BrClFN2O2S/c1-2-27-20(26)16-12(11-21)5-3-8-15(19-24-9-10-28-19)25-18(16)13-6-4-7-14(23)17(13)22/h4,6-7,9-10,18H,2-3,5,8,11H2,1H3/b16-12-,25-15+/t18-/m0/s1. The molecule has 0 spiro atoms. The second-order valence-electron chi connectivity index (χ2n) is 6.18. The molecular weight excluding hydrogens is 467 g/mol. The Morgan fingerprint density at radius 3 is 2.93 bits per heavy atom. The molecule has 1 aromatic heterocycles. The summed E-state index contributed by atoms with van der Waals surface area (Å²) in [7, 11) is 0. The van der Waals surface area contributed by atoms with E-state index < -0.39 is 17.8 Å². The van der Waals surface area contributed by atoms with Gasteiger partial charge in [-0.25, -0.2) is 14.2 Å². The molecule has 28 heavy (non-hydrogen) atoms. The highest BCUT2D eigenvalue weighted by Gasteiger charge is 2.31. The number of benzene rings is 1. The molecule has 0 radical (unpaired) electrons. The van der Waals surface area contributed by atoms with Gasteiger partial charge in [0.2, 0.25) is 0 Å². The molecule has 3 rings (SSSR count). The second-order valence-corrected chi connectivity index (χ2v) is 8.02. The number of esters is 1. The number of hydrogen-bond donors (Lipinski definition) is 0. The predicted molar refractivity (Wildman–Crippen MR) is 114 cm³/mol. The van der Waals surface area contributed by atoms with Gasteiger partial charge in [-0.15, -0.1) is 11.3 Å². The number of hydrogen-bond acceptors (Lipinski definition) is 5. The lowest BCUT2D eigenvalue weighted by Crippen LogP contribution is -2.20. The summed E-state index contributed by atoms with van der Waals surface area (Å²) in [5.41, 5.74) is 2.54. The highest BCUT2D eigenvalue weighted by Crippen LogP contribution is 2.38. The molecule has 0 saturated carbocycles. The largest absolute Gasteiger partial charge is 0.463 e. The minimum Gasteiger partial charge on any atom is -0.463 e. The lowest BCUT2D eigenvalue weighted by molar-refractivity contribution is -0.138. The van der Waals surface area contributed by atoms with E-state index in [2.05, 4.69) is 20.9 Å². The first-order valence-electron chi connectivity index (χ1n) is 8.92. The third-order valence-corrected chi connectivity index (χ3v) is 6.34. The lowest BCUT2D eigenvalue weighted by Gasteiger charge is -2.24. The van der Waals surface area contributed by atoms with Crippen molar-refractivity contribution in [3.63, 3.8) is 0 Å². The molecule has 0 bridgehead atoms. The second kappa shape index (κ2) is 9.76. The zero-order valence-electron chi connectivity index (χ0n) is 15.3. The number of thiazole rings is 1. The molecule has 1 aromatic carbocycles. The quantitative estimate of drug-likeness (QED) is 0.391. The SMILES string of the molecule is CCOC(=O)/C1=C(\CBr)CCC/C(c2nccs2)=N\[C@H]1c1cccc(F)c1Cl. The van der Waals surface area contributed by atoms with E-state index in [1.54, 1.807) is 25.3 Å². The van der Waals surface area contributed by atoms with E-state index in [-0.39, 0.29) is 11.6 Å². The first-order chi connectivity index (χ1) is 13.6. The van der Waals surface area contributed by atoms with Crippen LogP contribution in [0.25, 0.3) is 0 Å². The Kier molecular flexibility index (Phi) is 7.37. The average Bonchev–Trinajstić information content (AvgIpc) is 3.19. The van der Waals surface area contributed by atoms with Crippen molar-refractivity contribution in [2.24, 2.45) is 4.99 Å². The molecule has 1 atom stereocenters. The summed E-state index contributed by atoms with van der Waals surface area (Å²) in [6.07, 6.45) is 3.96. The number of aliphatic imine (C=N–C) groups is 1. The monoisotopic (exact) mass is 484 g/mol. The van der Waals surface area contributed by atoms with Gasteiger partial charge in [-0.05, 0) is 37.8 Å². The molecule has 8 heteroatoms. The molecule has 148 valence electrons. The number of carbonyl (C=O) groups excluding carboxylic acids is 1. The fourth-order valence-electron chi connectivity index (χ4n) is 3.17. The fourth-order valence-corrected chi connectivity index (χ4v) is 4.65. The van der Waals surface area contributed by atoms with Crippen molar-refractivity contribution in [3.8, 4) is 0 Å². The molecule has 2 aromatic rings. The van der Waals surface area contributed by atoms with Gasteiger partial charge >= 0.3 is 5.97 Å². The van der Waals surface area contributed by atoms with Crippen LogP contribution in [0.5, 0.6) is 0 Å². The van der Waals surface area contributed by atoms with Crippen molar-refractivity contribution in [3.05, 3.63) is 62.3 Å². The van der Waals surface area contributed by atoms with Gasteiger partial charge in [0.1, 0.15) is 16.9 Å². The van der Waals surface area contributed by atoms with E-state index in [0.29, 0.717) is 29.3 Å². The molecular formula is C20H19BrClFN2O2S. The van der Waals surface area contributed by atoms with Crippen LogP contribution >= 0.6 is 38.9 Å². The van der Waals surface area contributed by atoms with E-state index in [4.69, 9.17) is 21.3 Å². The van der Waals surface area contributed by atoms with Gasteiger partial charge in [0.05, 0.1) is 22.9 Å². The molecule has 0 N–H and O–H groups in total. The van der Waals surface area contributed by atoms with Crippen molar-refractivity contribution in [1.82, 2.24) is 4.98 Å².